The summed E-state index contributed by atoms with van der Waals surface area (Å²) >= 11 is 1.52. The highest BCUT2D eigenvalue weighted by molar-refractivity contribution is 7.13. The number of amides is 1. The Labute approximate surface area is 168 Å². The van der Waals surface area contributed by atoms with Crippen molar-refractivity contribution in [3.05, 3.63) is 47.5 Å². The van der Waals surface area contributed by atoms with Gasteiger partial charge < -0.3 is 14.4 Å². The summed E-state index contributed by atoms with van der Waals surface area (Å²) in [5, 5.41) is 2.79. The quantitative estimate of drug-likeness (QED) is 0.592. The summed E-state index contributed by atoms with van der Waals surface area (Å²) < 4.78 is 11.3. The zero-order valence-electron chi connectivity index (χ0n) is 16.4. The summed E-state index contributed by atoms with van der Waals surface area (Å²) in [5.41, 5.74) is 2.76. The summed E-state index contributed by atoms with van der Waals surface area (Å²) in [5.74, 6) is 1.29. The van der Waals surface area contributed by atoms with E-state index in [1.54, 1.807) is 20.2 Å². The van der Waals surface area contributed by atoms with Gasteiger partial charge in [0.1, 0.15) is 16.4 Å². The Bertz CT molecular complexity index is 969. The van der Waals surface area contributed by atoms with E-state index in [0.717, 1.165) is 22.0 Å². The van der Waals surface area contributed by atoms with Crippen LogP contribution in [-0.2, 0) is 0 Å². The number of carbonyl (C=O) groups is 1. The second-order valence-corrected chi connectivity index (χ2v) is 7.03. The molecule has 0 saturated heterocycles. The van der Waals surface area contributed by atoms with Crippen molar-refractivity contribution in [2.24, 2.45) is 0 Å². The minimum Gasteiger partial charge on any atom is -0.490 e. The lowest BCUT2D eigenvalue weighted by Crippen LogP contribution is -2.22. The summed E-state index contributed by atoms with van der Waals surface area (Å²) in [4.78, 5) is 22.8. The van der Waals surface area contributed by atoms with Crippen molar-refractivity contribution in [2.75, 3.05) is 27.3 Å². The number of ether oxygens (including phenoxy) is 2. The van der Waals surface area contributed by atoms with Crippen LogP contribution in [0.25, 0.3) is 22.0 Å². The van der Waals surface area contributed by atoms with Crippen molar-refractivity contribution < 1.29 is 14.3 Å². The molecule has 0 aliphatic rings. The molecule has 1 aromatic carbocycles. The van der Waals surface area contributed by atoms with Gasteiger partial charge in [0.25, 0.3) is 5.91 Å². The van der Waals surface area contributed by atoms with E-state index < -0.39 is 0 Å². The van der Waals surface area contributed by atoms with Crippen LogP contribution in [0.5, 0.6) is 11.5 Å². The molecule has 6 nitrogen and oxygen atoms in total. The fraction of sp³-hybridized carbons (Fsp3) is 0.286. The van der Waals surface area contributed by atoms with Crippen LogP contribution in [0.3, 0.4) is 0 Å². The first kappa shape index (κ1) is 19.8. The molecule has 3 rings (SSSR count). The van der Waals surface area contributed by atoms with Crippen LogP contribution in [0, 0.1) is 0 Å². The van der Waals surface area contributed by atoms with E-state index in [2.05, 4.69) is 4.98 Å². The molecule has 0 spiro atoms. The summed E-state index contributed by atoms with van der Waals surface area (Å²) in [6, 6.07) is 11.2. The van der Waals surface area contributed by atoms with E-state index in [1.807, 2.05) is 49.6 Å². The first-order chi connectivity index (χ1) is 13.5. The lowest BCUT2D eigenvalue weighted by Gasteiger charge is -2.11. The van der Waals surface area contributed by atoms with Gasteiger partial charge in [-0.3, -0.25) is 4.79 Å². The Morgan fingerprint density at radius 2 is 1.75 bits per heavy atom. The van der Waals surface area contributed by atoms with E-state index in [-0.39, 0.29) is 5.91 Å². The van der Waals surface area contributed by atoms with Crippen molar-refractivity contribution in [3.63, 3.8) is 0 Å². The molecular formula is C21H23N3O3S. The van der Waals surface area contributed by atoms with E-state index in [1.165, 1.54) is 16.2 Å². The summed E-state index contributed by atoms with van der Waals surface area (Å²) in [6.07, 6.45) is 0. The first-order valence-corrected chi connectivity index (χ1v) is 9.96. The highest BCUT2D eigenvalue weighted by atomic mass is 32.1. The number of aromatic nitrogens is 2. The van der Waals surface area contributed by atoms with Crippen LogP contribution in [0.2, 0.25) is 0 Å². The van der Waals surface area contributed by atoms with Gasteiger partial charge in [0.15, 0.2) is 11.5 Å². The topological polar surface area (TPSA) is 64.5 Å². The van der Waals surface area contributed by atoms with Crippen LogP contribution < -0.4 is 9.47 Å². The molecule has 7 heteroatoms. The van der Waals surface area contributed by atoms with E-state index in [9.17, 15) is 4.79 Å². The molecule has 28 heavy (non-hydrogen) atoms. The molecule has 2 heterocycles. The van der Waals surface area contributed by atoms with Crippen LogP contribution >= 0.6 is 11.3 Å². The fourth-order valence-corrected chi connectivity index (χ4v) is 3.44. The first-order valence-electron chi connectivity index (χ1n) is 9.08. The molecule has 0 atom stereocenters. The highest BCUT2D eigenvalue weighted by Crippen LogP contribution is 2.35. The number of hydrogen-bond acceptors (Lipinski definition) is 6. The number of hydrogen-bond donors (Lipinski definition) is 0. The Kier molecular flexibility index (Phi) is 6.26. The molecule has 0 fully saturated rings. The van der Waals surface area contributed by atoms with Crippen LogP contribution in [-0.4, -0.2) is 48.1 Å². The van der Waals surface area contributed by atoms with Gasteiger partial charge in [0, 0.05) is 25.0 Å². The second-order valence-electron chi connectivity index (χ2n) is 6.17. The van der Waals surface area contributed by atoms with Gasteiger partial charge in [-0.25, -0.2) is 9.97 Å². The second kappa shape index (κ2) is 8.84. The third kappa shape index (κ3) is 4.31. The van der Waals surface area contributed by atoms with Gasteiger partial charge in [-0.05, 0) is 44.2 Å². The van der Waals surface area contributed by atoms with Crippen molar-refractivity contribution in [3.8, 4) is 33.5 Å². The molecule has 2 aromatic heterocycles. The van der Waals surface area contributed by atoms with Gasteiger partial charge in [-0.2, -0.15) is 0 Å². The number of benzene rings is 1. The molecule has 0 radical (unpaired) electrons. The van der Waals surface area contributed by atoms with E-state index >= 15 is 0 Å². The Morgan fingerprint density at radius 1 is 1.00 bits per heavy atom. The van der Waals surface area contributed by atoms with Gasteiger partial charge in [0.05, 0.1) is 18.9 Å². The zero-order valence-corrected chi connectivity index (χ0v) is 17.2. The third-order valence-electron chi connectivity index (χ3n) is 3.93. The van der Waals surface area contributed by atoms with Crippen molar-refractivity contribution in [2.45, 2.75) is 13.8 Å². The number of nitrogens with zero attached hydrogens (tertiary/aromatic N) is 3. The predicted octanol–water partition coefficient (Wildman–Crippen LogP) is 4.37. The van der Waals surface area contributed by atoms with E-state index in [4.69, 9.17) is 14.5 Å². The van der Waals surface area contributed by atoms with Gasteiger partial charge in [0.2, 0.25) is 0 Å². The molecule has 3 aromatic rings. The number of pyridine rings is 1. The van der Waals surface area contributed by atoms with Gasteiger partial charge in [-0.15, -0.1) is 11.3 Å². The molecule has 0 saturated carbocycles. The number of carbonyl (C=O) groups excluding carboxylic acids is 1. The van der Waals surface area contributed by atoms with Crippen molar-refractivity contribution in [1.82, 2.24) is 14.9 Å². The SMILES string of the molecule is CCOc1ccc(-c2nc(-c3cccc(C(=O)N(C)C)n3)cs2)cc1OCC. The average Bonchev–Trinajstić information content (AvgIpc) is 3.19. The molecule has 146 valence electrons. The molecular weight excluding hydrogens is 374 g/mol. The molecule has 0 bridgehead atoms. The van der Waals surface area contributed by atoms with Crippen LogP contribution in [0.4, 0.5) is 0 Å². The molecule has 0 N–H and O–H groups in total. The molecule has 1 amide bonds. The monoisotopic (exact) mass is 397 g/mol. The maximum atomic E-state index is 12.2. The molecule has 0 unspecified atom stereocenters. The lowest BCUT2D eigenvalue weighted by atomic mass is 10.2. The third-order valence-corrected chi connectivity index (χ3v) is 4.82. The summed E-state index contributed by atoms with van der Waals surface area (Å²) in [7, 11) is 3.42. The van der Waals surface area contributed by atoms with Crippen LogP contribution in [0.15, 0.2) is 41.8 Å². The van der Waals surface area contributed by atoms with Gasteiger partial charge >= 0.3 is 0 Å². The minimum absolute atomic E-state index is 0.134. The average molecular weight is 398 g/mol. The predicted molar refractivity (Wildman–Crippen MR) is 111 cm³/mol. The largest absolute Gasteiger partial charge is 0.490 e. The summed E-state index contributed by atoms with van der Waals surface area (Å²) in [6.45, 7) is 5.02. The normalized spacial score (nSPS) is 10.6. The smallest absolute Gasteiger partial charge is 0.271 e. The van der Waals surface area contributed by atoms with Gasteiger partial charge in [-0.1, -0.05) is 6.07 Å². The standard InChI is InChI=1S/C21H23N3O3S/c1-5-26-18-11-10-14(12-19(18)27-6-2)20-23-17(13-28-20)15-8-7-9-16(22-15)21(25)24(3)4/h7-13H,5-6H2,1-4H3. The highest BCUT2D eigenvalue weighted by Gasteiger charge is 2.14. The zero-order chi connectivity index (χ0) is 20.1. The number of thiazole rings is 1. The van der Waals surface area contributed by atoms with Crippen LogP contribution in [0.1, 0.15) is 24.3 Å². The fourth-order valence-electron chi connectivity index (χ4n) is 2.63. The maximum Gasteiger partial charge on any atom is 0.271 e. The lowest BCUT2D eigenvalue weighted by molar-refractivity contribution is 0.0822. The molecule has 0 aliphatic carbocycles. The maximum absolute atomic E-state index is 12.2. The Balaban J connectivity index is 1.91. The van der Waals surface area contributed by atoms with Crippen molar-refractivity contribution in [1.29, 1.82) is 0 Å². The van der Waals surface area contributed by atoms with Crippen molar-refractivity contribution >= 4 is 17.2 Å². The van der Waals surface area contributed by atoms with E-state index in [0.29, 0.717) is 30.4 Å². The Hall–Kier alpha value is -2.93. The Morgan fingerprint density at radius 3 is 2.46 bits per heavy atom. The molecule has 0 aliphatic heterocycles. The minimum atomic E-state index is -0.134. The number of rotatable bonds is 7.